The highest BCUT2D eigenvalue weighted by Gasteiger charge is 2.17. The van der Waals surface area contributed by atoms with Crippen LogP contribution in [0, 0.1) is 6.92 Å². The highest BCUT2D eigenvalue weighted by molar-refractivity contribution is 9.08. The first-order chi connectivity index (χ1) is 6.61. The van der Waals surface area contributed by atoms with Crippen molar-refractivity contribution in [2.45, 2.75) is 18.7 Å². The summed E-state index contributed by atoms with van der Waals surface area (Å²) in [5, 5.41) is 0.271. The van der Waals surface area contributed by atoms with Gasteiger partial charge in [-0.2, -0.15) is 0 Å². The fraction of sp³-hybridized carbons (Fsp3) is 0.333. The molecule has 0 aromatic carbocycles. The molecule has 0 aliphatic rings. The molecule has 0 spiro atoms. The second-order valence-corrected chi connectivity index (χ2v) is 3.32. The van der Waals surface area contributed by atoms with Gasteiger partial charge in [-0.1, -0.05) is 15.9 Å². The van der Waals surface area contributed by atoms with Gasteiger partial charge in [0.05, 0.1) is 0 Å². The Morgan fingerprint density at radius 3 is 2.71 bits per heavy atom. The summed E-state index contributed by atoms with van der Waals surface area (Å²) in [4.78, 5) is 14.1. The van der Waals surface area contributed by atoms with E-state index in [1.807, 2.05) is 0 Å². The first-order valence-corrected chi connectivity index (χ1v) is 5.01. The lowest BCUT2D eigenvalue weighted by molar-refractivity contribution is 0.112. The van der Waals surface area contributed by atoms with Crippen LogP contribution in [0.1, 0.15) is 33.6 Å². The van der Waals surface area contributed by atoms with E-state index in [1.54, 1.807) is 6.92 Å². The van der Waals surface area contributed by atoms with Crippen molar-refractivity contribution in [1.29, 1.82) is 0 Å². The number of carbonyl (C=O) groups excluding carboxylic acids is 1. The molecule has 1 heterocycles. The molecule has 0 fully saturated rings. The lowest BCUT2D eigenvalue weighted by Gasteiger charge is -2.09. The molecule has 5 heteroatoms. The molecule has 1 rings (SSSR count). The van der Waals surface area contributed by atoms with Gasteiger partial charge >= 0.3 is 0 Å². The zero-order valence-electron chi connectivity index (χ0n) is 7.43. The van der Waals surface area contributed by atoms with Gasteiger partial charge in [0.2, 0.25) is 0 Å². The van der Waals surface area contributed by atoms with Crippen molar-refractivity contribution in [1.82, 2.24) is 4.98 Å². The molecular formula is C9H8BrF2NO. The summed E-state index contributed by atoms with van der Waals surface area (Å²) in [6, 6.07) is 0. The maximum Gasteiger partial charge on any atom is 0.280 e. The summed E-state index contributed by atoms with van der Waals surface area (Å²) < 4.78 is 24.9. The number of aromatic nitrogens is 1. The van der Waals surface area contributed by atoms with Crippen molar-refractivity contribution in [2.24, 2.45) is 0 Å². The predicted octanol–water partition coefficient (Wildman–Crippen LogP) is 3.04. The van der Waals surface area contributed by atoms with Crippen LogP contribution in [0.15, 0.2) is 6.20 Å². The molecule has 0 aliphatic heterocycles. The Morgan fingerprint density at radius 2 is 2.29 bits per heavy atom. The van der Waals surface area contributed by atoms with Crippen LogP contribution in [-0.4, -0.2) is 11.3 Å². The minimum absolute atomic E-state index is 0.259. The molecule has 0 bridgehead atoms. The fourth-order valence-electron chi connectivity index (χ4n) is 1.16. The molecule has 0 radical (unpaired) electrons. The van der Waals surface area contributed by atoms with Gasteiger partial charge < -0.3 is 0 Å². The van der Waals surface area contributed by atoms with Crippen LogP contribution in [0.2, 0.25) is 0 Å². The maximum absolute atomic E-state index is 12.5. The van der Waals surface area contributed by atoms with Crippen molar-refractivity contribution in [2.75, 3.05) is 0 Å². The molecule has 1 aromatic heterocycles. The third-order valence-electron chi connectivity index (χ3n) is 2.00. The number of hydrogen-bond acceptors (Lipinski definition) is 2. The van der Waals surface area contributed by atoms with E-state index in [2.05, 4.69) is 20.9 Å². The zero-order chi connectivity index (χ0) is 10.7. The number of carbonyl (C=O) groups is 1. The van der Waals surface area contributed by atoms with Crippen LogP contribution in [0.5, 0.6) is 0 Å². The Kier molecular flexibility index (Phi) is 3.69. The normalized spacial score (nSPS) is 10.6. The number of halogens is 3. The maximum atomic E-state index is 12.5. The van der Waals surface area contributed by atoms with E-state index in [9.17, 15) is 13.6 Å². The van der Waals surface area contributed by atoms with Crippen LogP contribution >= 0.6 is 15.9 Å². The number of alkyl halides is 3. The van der Waals surface area contributed by atoms with E-state index in [0.717, 1.165) is 0 Å². The van der Waals surface area contributed by atoms with Gasteiger partial charge in [-0.05, 0) is 18.1 Å². The minimum atomic E-state index is -2.61. The summed E-state index contributed by atoms with van der Waals surface area (Å²) in [5.41, 5.74) is 1.04. The van der Waals surface area contributed by atoms with Crippen molar-refractivity contribution >= 4 is 22.2 Å². The Bertz CT molecular complexity index is 355. The molecule has 0 aliphatic carbocycles. The lowest BCUT2D eigenvalue weighted by Crippen LogP contribution is -2.02. The van der Waals surface area contributed by atoms with Gasteiger partial charge in [-0.3, -0.25) is 9.78 Å². The van der Waals surface area contributed by atoms with Crippen LogP contribution in [0.25, 0.3) is 0 Å². The average Bonchev–Trinajstić information content (AvgIpc) is 2.17. The van der Waals surface area contributed by atoms with E-state index in [-0.39, 0.29) is 11.0 Å². The van der Waals surface area contributed by atoms with Crippen molar-refractivity contribution in [3.05, 3.63) is 28.6 Å². The Balaban J connectivity index is 3.35. The molecular weight excluding hydrogens is 256 g/mol. The third kappa shape index (κ3) is 1.97. The number of pyridine rings is 1. The smallest absolute Gasteiger partial charge is 0.280 e. The highest BCUT2D eigenvalue weighted by Crippen LogP contribution is 2.26. The third-order valence-corrected chi connectivity index (χ3v) is 2.57. The summed E-state index contributed by atoms with van der Waals surface area (Å²) in [6.07, 6.45) is -0.818. The van der Waals surface area contributed by atoms with E-state index >= 15 is 0 Å². The standard InChI is InChI=1S/C9H8BrF2NO/c1-5-6(4-14)3-13-8(9(11)12)7(5)2-10/h3-4,9H,2H2,1H3. The Hall–Kier alpha value is -0.840. The minimum Gasteiger partial charge on any atom is -0.298 e. The number of rotatable bonds is 3. The summed E-state index contributed by atoms with van der Waals surface area (Å²) in [6.45, 7) is 1.63. The summed E-state index contributed by atoms with van der Waals surface area (Å²) in [7, 11) is 0. The Morgan fingerprint density at radius 1 is 1.64 bits per heavy atom. The van der Waals surface area contributed by atoms with E-state index < -0.39 is 6.43 Å². The first-order valence-electron chi connectivity index (χ1n) is 3.89. The first kappa shape index (κ1) is 11.2. The van der Waals surface area contributed by atoms with E-state index in [1.165, 1.54) is 6.20 Å². The fourth-order valence-corrected chi connectivity index (χ4v) is 1.86. The van der Waals surface area contributed by atoms with Gasteiger partial charge in [0.25, 0.3) is 6.43 Å². The number of hydrogen-bond donors (Lipinski definition) is 0. The molecule has 2 nitrogen and oxygen atoms in total. The van der Waals surface area contributed by atoms with Crippen LogP contribution < -0.4 is 0 Å². The monoisotopic (exact) mass is 263 g/mol. The second-order valence-electron chi connectivity index (χ2n) is 2.75. The molecule has 14 heavy (non-hydrogen) atoms. The molecule has 0 atom stereocenters. The van der Waals surface area contributed by atoms with Gasteiger partial charge in [0.15, 0.2) is 6.29 Å². The summed E-state index contributed by atoms with van der Waals surface area (Å²) in [5.74, 6) is 0. The van der Waals surface area contributed by atoms with Gasteiger partial charge in [0, 0.05) is 17.1 Å². The molecule has 0 unspecified atom stereocenters. The van der Waals surface area contributed by atoms with Crippen molar-refractivity contribution in [3.8, 4) is 0 Å². The largest absolute Gasteiger partial charge is 0.298 e. The summed E-state index contributed by atoms with van der Waals surface area (Å²) >= 11 is 3.10. The number of nitrogens with zero attached hydrogens (tertiary/aromatic N) is 1. The molecule has 1 aromatic rings. The topological polar surface area (TPSA) is 30.0 Å². The molecule has 0 saturated carbocycles. The number of aldehydes is 1. The van der Waals surface area contributed by atoms with Gasteiger partial charge in [0.1, 0.15) is 5.69 Å². The van der Waals surface area contributed by atoms with Crippen LogP contribution in [0.4, 0.5) is 8.78 Å². The molecule has 0 saturated heterocycles. The van der Waals surface area contributed by atoms with Gasteiger partial charge in [-0.25, -0.2) is 8.78 Å². The Labute approximate surface area is 88.5 Å². The van der Waals surface area contributed by atoms with Gasteiger partial charge in [-0.15, -0.1) is 0 Å². The highest BCUT2D eigenvalue weighted by atomic mass is 79.9. The van der Waals surface area contributed by atoms with Crippen LogP contribution in [0.3, 0.4) is 0 Å². The SMILES string of the molecule is Cc1c(C=O)cnc(C(F)F)c1CBr. The molecule has 76 valence electrons. The van der Waals surface area contributed by atoms with Crippen molar-refractivity contribution in [3.63, 3.8) is 0 Å². The zero-order valence-corrected chi connectivity index (χ0v) is 9.01. The lowest BCUT2D eigenvalue weighted by atomic mass is 10.0. The van der Waals surface area contributed by atoms with E-state index in [4.69, 9.17) is 0 Å². The average molecular weight is 264 g/mol. The van der Waals surface area contributed by atoms with Crippen molar-refractivity contribution < 1.29 is 13.6 Å². The van der Waals surface area contributed by atoms with E-state index in [0.29, 0.717) is 23.0 Å². The predicted molar refractivity (Wildman–Crippen MR) is 51.9 cm³/mol. The van der Waals surface area contributed by atoms with Crippen LogP contribution in [-0.2, 0) is 5.33 Å². The molecule has 0 amide bonds. The quantitative estimate of drug-likeness (QED) is 0.620. The molecule has 0 N–H and O–H groups in total. The second kappa shape index (κ2) is 4.59.